The number of fused-ring (bicyclic) bond motifs is 1. The average molecular weight is 422 g/mol. The van der Waals surface area contributed by atoms with Gasteiger partial charge in [-0.05, 0) is 43.2 Å². The normalized spacial score (nSPS) is 17.5. The third-order valence-electron chi connectivity index (χ3n) is 5.05. The molecule has 1 amide bonds. The number of carbonyl (C=O) groups excluding carboxylic acids is 1. The maximum Gasteiger partial charge on any atom is 0.242 e. The van der Waals surface area contributed by atoms with Crippen molar-refractivity contribution in [3.63, 3.8) is 0 Å². The van der Waals surface area contributed by atoms with Crippen LogP contribution in [0.25, 0.3) is 0 Å². The summed E-state index contributed by atoms with van der Waals surface area (Å²) < 4.78 is 36.0. The van der Waals surface area contributed by atoms with Crippen molar-refractivity contribution >= 4 is 27.3 Å². The molecule has 2 aromatic carbocycles. The Kier molecular flexibility index (Phi) is 4.97. The van der Waals surface area contributed by atoms with Gasteiger partial charge in [-0.15, -0.1) is 0 Å². The van der Waals surface area contributed by atoms with E-state index in [-0.39, 0.29) is 11.4 Å². The Balaban J connectivity index is 1.52. The van der Waals surface area contributed by atoms with E-state index in [9.17, 15) is 13.2 Å². The average Bonchev–Trinajstić information content (AvgIpc) is 3.51. The zero-order valence-corrected chi connectivity index (χ0v) is 16.7. The molecule has 148 valence electrons. The minimum Gasteiger partial charge on any atom is -0.490 e. The Morgan fingerprint density at radius 1 is 1.07 bits per heavy atom. The van der Waals surface area contributed by atoms with E-state index in [1.807, 2.05) is 18.2 Å². The number of sulfone groups is 1. The predicted molar refractivity (Wildman–Crippen MR) is 104 cm³/mol. The number of halogens is 1. The van der Waals surface area contributed by atoms with E-state index in [1.54, 1.807) is 0 Å². The lowest BCUT2D eigenvalue weighted by Gasteiger charge is -2.18. The molecule has 4 rings (SSSR count). The molecule has 6 nitrogen and oxygen atoms in total. The predicted octanol–water partition coefficient (Wildman–Crippen LogP) is 3.12. The number of para-hydroxylation sites is 1. The molecule has 0 atom stereocenters. The van der Waals surface area contributed by atoms with E-state index in [1.165, 1.54) is 24.3 Å². The van der Waals surface area contributed by atoms with Crippen LogP contribution in [0, 0.1) is 0 Å². The highest BCUT2D eigenvalue weighted by Gasteiger charge is 2.61. The molecule has 28 heavy (non-hydrogen) atoms. The van der Waals surface area contributed by atoms with Gasteiger partial charge in [-0.3, -0.25) is 4.79 Å². The van der Waals surface area contributed by atoms with Gasteiger partial charge in [0.2, 0.25) is 5.91 Å². The molecule has 0 saturated heterocycles. The number of hydrogen-bond donors (Lipinski definition) is 1. The van der Waals surface area contributed by atoms with E-state index < -0.39 is 20.5 Å². The molecule has 1 aliphatic heterocycles. The van der Waals surface area contributed by atoms with Gasteiger partial charge in [-0.2, -0.15) is 0 Å². The largest absolute Gasteiger partial charge is 0.490 e. The second kappa shape index (κ2) is 7.29. The summed E-state index contributed by atoms with van der Waals surface area (Å²) in [6.07, 6.45) is 1.38. The Labute approximate surface area is 168 Å². The van der Waals surface area contributed by atoms with Gasteiger partial charge in [0.05, 0.1) is 18.1 Å². The molecule has 1 heterocycles. The first kappa shape index (κ1) is 19.1. The van der Waals surface area contributed by atoms with Crippen LogP contribution in [0.15, 0.2) is 47.4 Å². The molecule has 0 radical (unpaired) electrons. The van der Waals surface area contributed by atoms with Gasteiger partial charge < -0.3 is 14.8 Å². The van der Waals surface area contributed by atoms with Crippen molar-refractivity contribution in [2.45, 2.75) is 35.4 Å². The third kappa shape index (κ3) is 3.33. The molecule has 0 aromatic heterocycles. The number of nitrogens with one attached hydrogen (secondary N) is 1. The highest BCUT2D eigenvalue weighted by atomic mass is 35.5. The minimum absolute atomic E-state index is 0.106. The SMILES string of the molecule is O=C(NCc1cccc2c1OCCCO2)C1(S(=O)(=O)c2ccc(Cl)cc2)CC1. The summed E-state index contributed by atoms with van der Waals surface area (Å²) in [5.74, 6) is 0.750. The van der Waals surface area contributed by atoms with Crippen molar-refractivity contribution in [1.82, 2.24) is 5.32 Å². The summed E-state index contributed by atoms with van der Waals surface area (Å²) in [5, 5.41) is 3.22. The summed E-state index contributed by atoms with van der Waals surface area (Å²) in [5.41, 5.74) is 0.757. The zero-order valence-electron chi connectivity index (χ0n) is 15.1. The highest BCUT2D eigenvalue weighted by molar-refractivity contribution is 7.94. The Morgan fingerprint density at radius 3 is 2.50 bits per heavy atom. The quantitative estimate of drug-likeness (QED) is 0.802. The Hall–Kier alpha value is -2.25. The van der Waals surface area contributed by atoms with Crippen LogP contribution in [0.3, 0.4) is 0 Å². The summed E-state index contributed by atoms with van der Waals surface area (Å²) in [7, 11) is -3.80. The molecule has 0 unspecified atom stereocenters. The number of rotatable bonds is 5. The summed E-state index contributed by atoms with van der Waals surface area (Å²) in [4.78, 5) is 12.9. The monoisotopic (exact) mass is 421 g/mol. The molecule has 0 spiro atoms. The van der Waals surface area contributed by atoms with Crippen LogP contribution in [0.2, 0.25) is 5.02 Å². The number of ether oxygens (including phenoxy) is 2. The maximum absolute atomic E-state index is 13.0. The highest BCUT2D eigenvalue weighted by Crippen LogP contribution is 2.47. The summed E-state index contributed by atoms with van der Waals surface area (Å²) in [6.45, 7) is 1.28. The van der Waals surface area contributed by atoms with Crippen LogP contribution in [0.5, 0.6) is 11.5 Å². The molecule has 0 bridgehead atoms. The fourth-order valence-corrected chi connectivity index (χ4v) is 5.33. The van der Waals surface area contributed by atoms with Crippen LogP contribution >= 0.6 is 11.6 Å². The molecule has 1 fully saturated rings. The van der Waals surface area contributed by atoms with E-state index in [0.717, 1.165) is 12.0 Å². The van der Waals surface area contributed by atoms with E-state index >= 15 is 0 Å². The summed E-state index contributed by atoms with van der Waals surface area (Å²) in [6, 6.07) is 11.4. The number of benzene rings is 2. The van der Waals surface area contributed by atoms with Gasteiger partial charge in [-0.1, -0.05) is 23.7 Å². The van der Waals surface area contributed by atoms with E-state index in [2.05, 4.69) is 5.32 Å². The van der Waals surface area contributed by atoms with Crippen LogP contribution in [0.1, 0.15) is 24.8 Å². The molecule has 8 heteroatoms. The van der Waals surface area contributed by atoms with Crippen LogP contribution in [0.4, 0.5) is 0 Å². The Bertz CT molecular complexity index is 1000. The van der Waals surface area contributed by atoms with Crippen molar-refractivity contribution in [2.24, 2.45) is 0 Å². The molecule has 1 aliphatic carbocycles. The van der Waals surface area contributed by atoms with Crippen LogP contribution < -0.4 is 14.8 Å². The first-order valence-corrected chi connectivity index (χ1v) is 11.0. The van der Waals surface area contributed by atoms with Gasteiger partial charge in [0, 0.05) is 23.6 Å². The van der Waals surface area contributed by atoms with Gasteiger partial charge in [-0.25, -0.2) is 8.42 Å². The van der Waals surface area contributed by atoms with E-state index in [0.29, 0.717) is 42.6 Å². The van der Waals surface area contributed by atoms with Crippen molar-refractivity contribution in [1.29, 1.82) is 0 Å². The first-order valence-electron chi connectivity index (χ1n) is 9.10. The van der Waals surface area contributed by atoms with Gasteiger partial charge in [0.25, 0.3) is 0 Å². The third-order valence-corrected chi connectivity index (χ3v) is 7.82. The topological polar surface area (TPSA) is 81.7 Å². The molecule has 1 saturated carbocycles. The van der Waals surface area contributed by atoms with Gasteiger partial charge >= 0.3 is 0 Å². The standard InChI is InChI=1S/C20H20ClNO5S/c21-15-5-7-16(8-6-15)28(24,25)20(9-10-20)19(23)22-13-14-3-1-4-17-18(14)27-12-2-11-26-17/h1,3-8H,2,9-13H2,(H,22,23). The van der Waals surface area contributed by atoms with Crippen molar-refractivity contribution in [3.05, 3.63) is 53.1 Å². The number of hydrogen-bond acceptors (Lipinski definition) is 5. The molecular formula is C20H20ClNO5S. The van der Waals surface area contributed by atoms with Crippen LogP contribution in [-0.2, 0) is 21.2 Å². The lowest BCUT2D eigenvalue weighted by molar-refractivity contribution is -0.121. The minimum atomic E-state index is -3.80. The van der Waals surface area contributed by atoms with Gasteiger partial charge in [0.15, 0.2) is 26.1 Å². The number of amides is 1. The molecular weight excluding hydrogens is 402 g/mol. The molecule has 2 aliphatic rings. The second-order valence-corrected chi connectivity index (χ2v) is 9.63. The number of carbonyl (C=O) groups is 1. The summed E-state index contributed by atoms with van der Waals surface area (Å²) >= 11 is 5.85. The second-order valence-electron chi connectivity index (χ2n) is 6.93. The lowest BCUT2D eigenvalue weighted by Crippen LogP contribution is -2.41. The van der Waals surface area contributed by atoms with Gasteiger partial charge in [0.1, 0.15) is 0 Å². The molecule has 1 N–H and O–H groups in total. The van der Waals surface area contributed by atoms with Crippen molar-refractivity contribution in [3.8, 4) is 11.5 Å². The fraction of sp³-hybridized carbons (Fsp3) is 0.350. The van der Waals surface area contributed by atoms with Crippen molar-refractivity contribution < 1.29 is 22.7 Å². The smallest absolute Gasteiger partial charge is 0.242 e. The maximum atomic E-state index is 13.0. The fourth-order valence-electron chi connectivity index (χ4n) is 3.30. The lowest BCUT2D eigenvalue weighted by atomic mass is 10.2. The van der Waals surface area contributed by atoms with Crippen LogP contribution in [-0.4, -0.2) is 32.3 Å². The van der Waals surface area contributed by atoms with Crippen molar-refractivity contribution in [2.75, 3.05) is 13.2 Å². The van der Waals surface area contributed by atoms with E-state index in [4.69, 9.17) is 21.1 Å². The molecule has 2 aromatic rings. The first-order chi connectivity index (χ1) is 13.4. The Morgan fingerprint density at radius 2 is 1.79 bits per heavy atom. The zero-order chi connectivity index (χ0) is 19.8.